The standard InChI is InChI=1S/C16H26N2O/c1-11-7-5-8-12(2)15(11)18-16(19)13(3)9-6-10-14(4)17/h5,7-8,13-14H,6,9-10,17H2,1-4H3,(H,18,19). The van der Waals surface area contributed by atoms with E-state index in [0.29, 0.717) is 0 Å². The zero-order chi connectivity index (χ0) is 14.4. The van der Waals surface area contributed by atoms with Gasteiger partial charge in [-0.2, -0.15) is 0 Å². The van der Waals surface area contributed by atoms with Crippen molar-refractivity contribution in [1.82, 2.24) is 0 Å². The van der Waals surface area contributed by atoms with E-state index in [-0.39, 0.29) is 17.9 Å². The zero-order valence-corrected chi connectivity index (χ0v) is 12.5. The topological polar surface area (TPSA) is 55.1 Å². The van der Waals surface area contributed by atoms with Crippen molar-refractivity contribution in [2.45, 2.75) is 53.0 Å². The molecule has 0 aliphatic carbocycles. The minimum Gasteiger partial charge on any atom is -0.328 e. The van der Waals surface area contributed by atoms with E-state index in [1.165, 1.54) is 0 Å². The number of carbonyl (C=O) groups excluding carboxylic acids is 1. The van der Waals surface area contributed by atoms with Crippen LogP contribution in [0.15, 0.2) is 18.2 Å². The summed E-state index contributed by atoms with van der Waals surface area (Å²) in [6, 6.07) is 6.26. The second-order valence-corrected chi connectivity index (χ2v) is 5.57. The van der Waals surface area contributed by atoms with Gasteiger partial charge in [0.2, 0.25) is 5.91 Å². The van der Waals surface area contributed by atoms with Crippen molar-refractivity contribution in [3.63, 3.8) is 0 Å². The summed E-state index contributed by atoms with van der Waals surface area (Å²) in [7, 11) is 0. The fourth-order valence-corrected chi connectivity index (χ4v) is 2.14. The smallest absolute Gasteiger partial charge is 0.227 e. The predicted molar refractivity (Wildman–Crippen MR) is 81.2 cm³/mol. The van der Waals surface area contributed by atoms with Gasteiger partial charge in [0.1, 0.15) is 0 Å². The van der Waals surface area contributed by atoms with Crippen molar-refractivity contribution in [2.75, 3.05) is 5.32 Å². The summed E-state index contributed by atoms with van der Waals surface area (Å²) < 4.78 is 0. The number of amides is 1. The summed E-state index contributed by atoms with van der Waals surface area (Å²) in [5.41, 5.74) is 8.88. The molecule has 0 heterocycles. The molecule has 0 aliphatic heterocycles. The Labute approximate surface area is 116 Å². The average molecular weight is 262 g/mol. The van der Waals surface area contributed by atoms with Gasteiger partial charge in [-0.25, -0.2) is 0 Å². The van der Waals surface area contributed by atoms with Crippen molar-refractivity contribution in [3.05, 3.63) is 29.3 Å². The van der Waals surface area contributed by atoms with E-state index in [4.69, 9.17) is 5.73 Å². The minimum atomic E-state index is 0.0257. The molecule has 0 saturated carbocycles. The van der Waals surface area contributed by atoms with Crippen molar-refractivity contribution in [1.29, 1.82) is 0 Å². The third kappa shape index (κ3) is 5.03. The zero-order valence-electron chi connectivity index (χ0n) is 12.5. The summed E-state index contributed by atoms with van der Waals surface area (Å²) in [5, 5.41) is 3.05. The molecule has 0 saturated heterocycles. The summed E-state index contributed by atoms with van der Waals surface area (Å²) in [6.07, 6.45) is 2.86. The Balaban J connectivity index is 2.54. The van der Waals surface area contributed by atoms with Crippen molar-refractivity contribution in [2.24, 2.45) is 11.7 Å². The average Bonchev–Trinajstić information content (AvgIpc) is 2.33. The molecule has 0 bridgehead atoms. The number of benzene rings is 1. The number of rotatable bonds is 6. The summed E-state index contributed by atoms with van der Waals surface area (Å²) >= 11 is 0. The number of carbonyl (C=O) groups is 1. The van der Waals surface area contributed by atoms with Crippen LogP contribution >= 0.6 is 0 Å². The van der Waals surface area contributed by atoms with Crippen molar-refractivity contribution in [3.8, 4) is 0 Å². The molecule has 1 amide bonds. The molecular weight excluding hydrogens is 236 g/mol. The molecule has 0 fully saturated rings. The third-order valence-corrected chi connectivity index (χ3v) is 3.47. The van der Waals surface area contributed by atoms with Crippen LogP contribution in [0.3, 0.4) is 0 Å². The minimum absolute atomic E-state index is 0.0257. The lowest BCUT2D eigenvalue weighted by molar-refractivity contribution is -0.119. The van der Waals surface area contributed by atoms with Crippen LogP contribution in [0.25, 0.3) is 0 Å². The van der Waals surface area contributed by atoms with Gasteiger partial charge in [0, 0.05) is 17.6 Å². The summed E-state index contributed by atoms with van der Waals surface area (Å²) in [6.45, 7) is 8.01. The van der Waals surface area contributed by atoms with Crippen LogP contribution in [-0.4, -0.2) is 11.9 Å². The highest BCUT2D eigenvalue weighted by Crippen LogP contribution is 2.21. The number of hydrogen-bond acceptors (Lipinski definition) is 2. The number of hydrogen-bond donors (Lipinski definition) is 2. The van der Waals surface area contributed by atoms with Crippen LogP contribution in [0.2, 0.25) is 0 Å². The van der Waals surface area contributed by atoms with E-state index in [1.54, 1.807) is 0 Å². The lowest BCUT2D eigenvalue weighted by atomic mass is 10.0. The first-order valence-electron chi connectivity index (χ1n) is 7.04. The second-order valence-electron chi connectivity index (χ2n) is 5.57. The van der Waals surface area contributed by atoms with Gasteiger partial charge in [-0.15, -0.1) is 0 Å². The highest BCUT2D eigenvalue weighted by atomic mass is 16.1. The maximum Gasteiger partial charge on any atom is 0.227 e. The first-order chi connectivity index (χ1) is 8.91. The van der Waals surface area contributed by atoms with Crippen LogP contribution in [0.5, 0.6) is 0 Å². The fourth-order valence-electron chi connectivity index (χ4n) is 2.14. The molecule has 0 aliphatic rings. The molecule has 1 rings (SSSR count). The fraction of sp³-hybridized carbons (Fsp3) is 0.562. The van der Waals surface area contributed by atoms with Gasteiger partial charge < -0.3 is 11.1 Å². The Hall–Kier alpha value is -1.35. The molecule has 2 atom stereocenters. The number of anilines is 1. The van der Waals surface area contributed by atoms with Crippen LogP contribution in [0.1, 0.15) is 44.2 Å². The van der Waals surface area contributed by atoms with Gasteiger partial charge in [-0.05, 0) is 44.7 Å². The summed E-state index contributed by atoms with van der Waals surface area (Å²) in [4.78, 5) is 12.2. The van der Waals surface area contributed by atoms with Gasteiger partial charge >= 0.3 is 0 Å². The molecule has 3 N–H and O–H groups in total. The first kappa shape index (κ1) is 15.7. The molecule has 1 aromatic rings. The molecule has 0 radical (unpaired) electrons. The van der Waals surface area contributed by atoms with E-state index < -0.39 is 0 Å². The Morgan fingerprint density at radius 3 is 2.32 bits per heavy atom. The van der Waals surface area contributed by atoms with E-state index in [9.17, 15) is 4.79 Å². The van der Waals surface area contributed by atoms with Crippen molar-refractivity contribution >= 4 is 11.6 Å². The van der Waals surface area contributed by atoms with E-state index in [2.05, 4.69) is 5.32 Å². The van der Waals surface area contributed by atoms with Crippen LogP contribution < -0.4 is 11.1 Å². The molecule has 0 spiro atoms. The number of nitrogens with two attached hydrogens (primary N) is 1. The maximum atomic E-state index is 12.2. The molecule has 1 aromatic carbocycles. The van der Waals surface area contributed by atoms with Gasteiger partial charge in [-0.3, -0.25) is 4.79 Å². The van der Waals surface area contributed by atoms with Gasteiger partial charge in [-0.1, -0.05) is 31.5 Å². The van der Waals surface area contributed by atoms with Crippen LogP contribution in [-0.2, 0) is 4.79 Å². The third-order valence-electron chi connectivity index (χ3n) is 3.47. The Morgan fingerprint density at radius 2 is 1.79 bits per heavy atom. The van der Waals surface area contributed by atoms with Crippen LogP contribution in [0.4, 0.5) is 5.69 Å². The quantitative estimate of drug-likeness (QED) is 0.825. The van der Waals surface area contributed by atoms with Crippen LogP contribution in [0, 0.1) is 19.8 Å². The second kappa shape index (κ2) is 7.29. The first-order valence-corrected chi connectivity index (χ1v) is 7.04. The highest BCUT2D eigenvalue weighted by molar-refractivity contribution is 5.93. The molecule has 0 aromatic heterocycles. The Kier molecular flexibility index (Phi) is 6.03. The number of aryl methyl sites for hydroxylation is 2. The van der Waals surface area contributed by atoms with Gasteiger partial charge in [0.15, 0.2) is 0 Å². The molecule has 106 valence electrons. The molecule has 2 unspecified atom stereocenters. The lowest BCUT2D eigenvalue weighted by Gasteiger charge is -2.16. The lowest BCUT2D eigenvalue weighted by Crippen LogP contribution is -2.22. The molecule has 3 nitrogen and oxygen atoms in total. The number of nitrogens with one attached hydrogen (secondary N) is 1. The predicted octanol–water partition coefficient (Wildman–Crippen LogP) is 3.40. The SMILES string of the molecule is Cc1cccc(C)c1NC(=O)C(C)CCCC(C)N. The summed E-state index contributed by atoms with van der Waals surface area (Å²) in [5.74, 6) is 0.125. The van der Waals surface area contributed by atoms with E-state index in [0.717, 1.165) is 36.1 Å². The van der Waals surface area contributed by atoms with E-state index >= 15 is 0 Å². The molecule has 19 heavy (non-hydrogen) atoms. The van der Waals surface area contributed by atoms with Gasteiger partial charge in [0.05, 0.1) is 0 Å². The van der Waals surface area contributed by atoms with E-state index in [1.807, 2.05) is 45.9 Å². The largest absolute Gasteiger partial charge is 0.328 e. The molecule has 3 heteroatoms. The Morgan fingerprint density at radius 1 is 1.21 bits per heavy atom. The monoisotopic (exact) mass is 262 g/mol. The van der Waals surface area contributed by atoms with Gasteiger partial charge in [0.25, 0.3) is 0 Å². The maximum absolute atomic E-state index is 12.2. The highest BCUT2D eigenvalue weighted by Gasteiger charge is 2.14. The number of para-hydroxylation sites is 1. The normalized spacial score (nSPS) is 13.9. The Bertz CT molecular complexity index is 407. The van der Waals surface area contributed by atoms with Crippen molar-refractivity contribution < 1.29 is 4.79 Å². The molecular formula is C16H26N2O.